The molecule has 2 aliphatic rings. The van der Waals surface area contributed by atoms with E-state index in [1.807, 2.05) is 25.1 Å². The van der Waals surface area contributed by atoms with Crippen LogP contribution < -0.4 is 11.1 Å². The van der Waals surface area contributed by atoms with Gasteiger partial charge in [-0.15, -0.1) is 0 Å². The zero-order valence-corrected chi connectivity index (χ0v) is 12.6. The van der Waals surface area contributed by atoms with Gasteiger partial charge in [0.1, 0.15) is 0 Å². The van der Waals surface area contributed by atoms with Crippen molar-refractivity contribution in [2.45, 2.75) is 25.8 Å². The molecular weight excluding hydrogens is 264 g/mol. The number of carbonyl (C=O) groups excluding carboxylic acids is 1. The van der Waals surface area contributed by atoms with Gasteiger partial charge in [0, 0.05) is 25.7 Å². The largest absolute Gasteiger partial charge is 0.397 e. The zero-order valence-electron chi connectivity index (χ0n) is 12.6. The maximum Gasteiger partial charge on any atom is 0.238 e. The van der Waals surface area contributed by atoms with Crippen molar-refractivity contribution in [2.24, 2.45) is 0 Å². The highest BCUT2D eigenvalue weighted by Gasteiger charge is 2.31. The van der Waals surface area contributed by atoms with Crippen LogP contribution in [0.25, 0.3) is 0 Å². The maximum absolute atomic E-state index is 12.2. The van der Waals surface area contributed by atoms with E-state index in [2.05, 4.69) is 15.1 Å². The number of piperazine rings is 1. The van der Waals surface area contributed by atoms with E-state index in [1.165, 1.54) is 19.4 Å². The third kappa shape index (κ3) is 3.36. The number of anilines is 2. The van der Waals surface area contributed by atoms with E-state index in [9.17, 15) is 4.79 Å². The minimum Gasteiger partial charge on any atom is -0.397 e. The predicted octanol–water partition coefficient (Wildman–Crippen LogP) is 1.30. The average molecular weight is 288 g/mol. The van der Waals surface area contributed by atoms with Gasteiger partial charge in [0.25, 0.3) is 0 Å². The van der Waals surface area contributed by atoms with Gasteiger partial charge in [-0.3, -0.25) is 14.6 Å². The molecule has 0 saturated carbocycles. The Morgan fingerprint density at radius 3 is 3.05 bits per heavy atom. The van der Waals surface area contributed by atoms with Crippen molar-refractivity contribution in [3.8, 4) is 0 Å². The van der Waals surface area contributed by atoms with Gasteiger partial charge in [0.2, 0.25) is 5.91 Å². The van der Waals surface area contributed by atoms with Crippen LogP contribution >= 0.6 is 0 Å². The van der Waals surface area contributed by atoms with Gasteiger partial charge in [-0.05, 0) is 44.0 Å². The number of hydrogen-bond donors (Lipinski definition) is 2. The number of nitrogens with zero attached hydrogens (tertiary/aromatic N) is 2. The van der Waals surface area contributed by atoms with Crippen molar-refractivity contribution in [2.75, 3.05) is 43.8 Å². The van der Waals surface area contributed by atoms with E-state index in [0.717, 1.165) is 25.2 Å². The van der Waals surface area contributed by atoms with Crippen LogP contribution in [0.1, 0.15) is 18.4 Å². The molecule has 1 atom stereocenters. The smallest absolute Gasteiger partial charge is 0.238 e. The molecule has 0 aliphatic carbocycles. The molecule has 3 N–H and O–H groups in total. The summed E-state index contributed by atoms with van der Waals surface area (Å²) in [5.74, 6) is 0.0250. The van der Waals surface area contributed by atoms with Crippen LogP contribution in [0.2, 0.25) is 0 Å². The number of fused-ring (bicyclic) bond motifs is 1. The molecular formula is C16H24N4O. The first-order chi connectivity index (χ1) is 10.1. The second-order valence-electron chi connectivity index (χ2n) is 6.21. The van der Waals surface area contributed by atoms with Crippen LogP contribution in [0.15, 0.2) is 18.2 Å². The lowest BCUT2D eigenvalue weighted by Crippen LogP contribution is -2.51. The van der Waals surface area contributed by atoms with Crippen molar-refractivity contribution in [3.63, 3.8) is 0 Å². The minimum atomic E-state index is 0.0250. The molecule has 2 saturated heterocycles. The normalized spacial score (nSPS) is 23.0. The van der Waals surface area contributed by atoms with Crippen molar-refractivity contribution in [3.05, 3.63) is 23.8 Å². The first-order valence-corrected chi connectivity index (χ1v) is 7.74. The lowest BCUT2D eigenvalue weighted by atomic mass is 10.1. The number of nitrogens with one attached hydrogen (secondary N) is 1. The van der Waals surface area contributed by atoms with Crippen LogP contribution in [-0.2, 0) is 4.79 Å². The molecule has 5 heteroatoms. The summed E-state index contributed by atoms with van der Waals surface area (Å²) in [5, 5.41) is 2.93. The van der Waals surface area contributed by atoms with E-state index >= 15 is 0 Å². The van der Waals surface area contributed by atoms with Crippen LogP contribution in [-0.4, -0.2) is 54.5 Å². The molecule has 0 aromatic heterocycles. The summed E-state index contributed by atoms with van der Waals surface area (Å²) in [5.41, 5.74) is 8.38. The van der Waals surface area contributed by atoms with Crippen LogP contribution in [0, 0.1) is 6.92 Å². The number of amides is 1. The molecule has 3 rings (SSSR count). The zero-order chi connectivity index (χ0) is 14.8. The predicted molar refractivity (Wildman–Crippen MR) is 85.3 cm³/mol. The molecule has 0 spiro atoms. The maximum atomic E-state index is 12.2. The fourth-order valence-electron chi connectivity index (χ4n) is 3.39. The van der Waals surface area contributed by atoms with E-state index in [1.54, 1.807) is 0 Å². The number of nitrogen functional groups attached to an aromatic ring is 1. The summed E-state index contributed by atoms with van der Waals surface area (Å²) in [6, 6.07) is 6.37. The third-order valence-corrected chi connectivity index (χ3v) is 4.52. The molecule has 1 unspecified atom stereocenters. The highest BCUT2D eigenvalue weighted by atomic mass is 16.2. The van der Waals surface area contributed by atoms with Crippen LogP contribution in [0.3, 0.4) is 0 Å². The summed E-state index contributed by atoms with van der Waals surface area (Å²) < 4.78 is 0. The topological polar surface area (TPSA) is 61.6 Å². The highest BCUT2D eigenvalue weighted by Crippen LogP contribution is 2.22. The van der Waals surface area contributed by atoms with Crippen molar-refractivity contribution >= 4 is 17.3 Å². The van der Waals surface area contributed by atoms with E-state index in [0.29, 0.717) is 24.0 Å². The molecule has 1 aromatic rings. The standard InChI is InChI=1S/C16H24N4O/c1-12-4-5-15(14(17)9-12)18-16(21)11-19-7-8-20-6-2-3-13(20)10-19/h4-5,9,13H,2-3,6-8,10-11,17H2,1H3,(H,18,21). The number of benzene rings is 1. The quantitative estimate of drug-likeness (QED) is 0.823. The summed E-state index contributed by atoms with van der Waals surface area (Å²) >= 11 is 0. The Kier molecular flexibility index (Phi) is 4.12. The number of rotatable bonds is 3. The van der Waals surface area contributed by atoms with Crippen molar-refractivity contribution < 1.29 is 4.79 Å². The third-order valence-electron chi connectivity index (χ3n) is 4.52. The molecule has 114 valence electrons. The van der Waals surface area contributed by atoms with Crippen molar-refractivity contribution in [1.82, 2.24) is 9.80 Å². The summed E-state index contributed by atoms with van der Waals surface area (Å²) in [6.45, 7) is 6.75. The average Bonchev–Trinajstić information content (AvgIpc) is 2.89. The minimum absolute atomic E-state index is 0.0250. The molecule has 0 bridgehead atoms. The lowest BCUT2D eigenvalue weighted by molar-refractivity contribution is -0.117. The summed E-state index contributed by atoms with van der Waals surface area (Å²) in [4.78, 5) is 17.0. The van der Waals surface area contributed by atoms with Crippen LogP contribution in [0.4, 0.5) is 11.4 Å². The molecule has 21 heavy (non-hydrogen) atoms. The highest BCUT2D eigenvalue weighted by molar-refractivity contribution is 5.95. The van der Waals surface area contributed by atoms with Crippen molar-refractivity contribution in [1.29, 1.82) is 0 Å². The monoisotopic (exact) mass is 288 g/mol. The number of hydrogen-bond acceptors (Lipinski definition) is 4. The Balaban J connectivity index is 1.54. The first-order valence-electron chi connectivity index (χ1n) is 7.74. The van der Waals surface area contributed by atoms with Gasteiger partial charge in [-0.1, -0.05) is 6.07 Å². The molecule has 2 aliphatic heterocycles. The van der Waals surface area contributed by atoms with E-state index in [-0.39, 0.29) is 5.91 Å². The number of aryl methyl sites for hydroxylation is 1. The molecule has 5 nitrogen and oxygen atoms in total. The Hall–Kier alpha value is -1.59. The van der Waals surface area contributed by atoms with Gasteiger partial charge in [0.05, 0.1) is 17.9 Å². The Labute approximate surface area is 126 Å². The van der Waals surface area contributed by atoms with Gasteiger partial charge in [-0.2, -0.15) is 0 Å². The Bertz CT molecular complexity index is 531. The number of carbonyl (C=O) groups is 1. The Morgan fingerprint density at radius 1 is 1.38 bits per heavy atom. The lowest BCUT2D eigenvalue weighted by Gasteiger charge is -2.37. The van der Waals surface area contributed by atoms with E-state index < -0.39 is 0 Å². The van der Waals surface area contributed by atoms with Gasteiger partial charge in [-0.25, -0.2) is 0 Å². The van der Waals surface area contributed by atoms with Gasteiger partial charge in [0.15, 0.2) is 0 Å². The van der Waals surface area contributed by atoms with E-state index in [4.69, 9.17) is 5.73 Å². The summed E-state index contributed by atoms with van der Waals surface area (Å²) in [6.07, 6.45) is 2.56. The molecule has 1 amide bonds. The first kappa shape index (κ1) is 14.4. The van der Waals surface area contributed by atoms with Crippen LogP contribution in [0.5, 0.6) is 0 Å². The molecule has 0 radical (unpaired) electrons. The second-order valence-corrected chi connectivity index (χ2v) is 6.21. The fourth-order valence-corrected chi connectivity index (χ4v) is 3.39. The SMILES string of the molecule is Cc1ccc(NC(=O)CN2CCN3CCCC3C2)c(N)c1. The molecule has 2 fully saturated rings. The summed E-state index contributed by atoms with van der Waals surface area (Å²) in [7, 11) is 0. The second kappa shape index (κ2) is 6.03. The van der Waals surface area contributed by atoms with Gasteiger partial charge >= 0.3 is 0 Å². The fraction of sp³-hybridized carbons (Fsp3) is 0.562. The van der Waals surface area contributed by atoms with Gasteiger partial charge < -0.3 is 11.1 Å². The number of nitrogens with two attached hydrogens (primary N) is 1. The molecule has 1 aromatic carbocycles. The Morgan fingerprint density at radius 2 is 2.24 bits per heavy atom. The molecule has 2 heterocycles.